The first kappa shape index (κ1) is 14.7. The summed E-state index contributed by atoms with van der Waals surface area (Å²) in [5.74, 6) is -1.22. The molecule has 0 fully saturated rings. The standard InChI is InChI=1S/C13H19NO3S/c1-4-6-9(11(15)16)14-12(17)13(2,3)10-7-5-8-18-10/h5,7-9H,4,6H2,1-3H3,(H,14,17)(H,15,16). The molecule has 0 aliphatic heterocycles. The van der Waals surface area contributed by atoms with Gasteiger partial charge in [-0.3, -0.25) is 4.79 Å². The van der Waals surface area contributed by atoms with E-state index in [-0.39, 0.29) is 5.91 Å². The lowest BCUT2D eigenvalue weighted by Gasteiger charge is -2.24. The van der Waals surface area contributed by atoms with Crippen molar-refractivity contribution < 1.29 is 14.7 Å². The Kier molecular flexibility index (Phi) is 4.90. The number of carbonyl (C=O) groups excluding carboxylic acids is 1. The fourth-order valence-corrected chi connectivity index (χ4v) is 2.48. The first-order valence-corrected chi connectivity index (χ1v) is 6.85. The first-order chi connectivity index (χ1) is 8.39. The Bertz CT molecular complexity index is 412. The van der Waals surface area contributed by atoms with Gasteiger partial charge in [0.05, 0.1) is 5.41 Å². The summed E-state index contributed by atoms with van der Waals surface area (Å²) in [6.45, 7) is 5.50. The Hall–Kier alpha value is -1.36. The molecule has 2 N–H and O–H groups in total. The highest BCUT2D eigenvalue weighted by atomic mass is 32.1. The van der Waals surface area contributed by atoms with E-state index in [9.17, 15) is 9.59 Å². The number of carbonyl (C=O) groups is 2. The van der Waals surface area contributed by atoms with E-state index in [1.165, 1.54) is 11.3 Å². The Labute approximate surface area is 111 Å². The molecule has 1 amide bonds. The molecule has 0 bridgehead atoms. The monoisotopic (exact) mass is 269 g/mol. The Morgan fingerprint density at radius 2 is 2.17 bits per heavy atom. The van der Waals surface area contributed by atoms with E-state index in [2.05, 4.69) is 5.32 Å². The third kappa shape index (κ3) is 3.32. The van der Waals surface area contributed by atoms with Crippen molar-refractivity contribution in [2.45, 2.75) is 45.1 Å². The number of carboxylic acids is 1. The van der Waals surface area contributed by atoms with Crippen LogP contribution in [0.15, 0.2) is 17.5 Å². The summed E-state index contributed by atoms with van der Waals surface area (Å²) in [5.41, 5.74) is -0.699. The van der Waals surface area contributed by atoms with E-state index < -0.39 is 17.4 Å². The number of carboxylic acid groups (broad SMARTS) is 1. The lowest BCUT2D eigenvalue weighted by Crippen LogP contribution is -2.48. The minimum atomic E-state index is -0.979. The summed E-state index contributed by atoms with van der Waals surface area (Å²) in [6, 6.07) is 2.97. The smallest absolute Gasteiger partial charge is 0.326 e. The summed E-state index contributed by atoms with van der Waals surface area (Å²) in [5, 5.41) is 13.6. The van der Waals surface area contributed by atoms with Gasteiger partial charge in [0.1, 0.15) is 6.04 Å². The highest BCUT2D eigenvalue weighted by Gasteiger charge is 2.33. The van der Waals surface area contributed by atoms with Gasteiger partial charge in [-0.25, -0.2) is 4.79 Å². The fourth-order valence-electron chi connectivity index (χ4n) is 1.63. The molecule has 1 aromatic rings. The number of amides is 1. The zero-order valence-corrected chi connectivity index (χ0v) is 11.7. The number of thiophene rings is 1. The molecule has 0 spiro atoms. The average Bonchev–Trinajstić information content (AvgIpc) is 2.81. The molecule has 18 heavy (non-hydrogen) atoms. The molecule has 1 heterocycles. The second kappa shape index (κ2) is 6.00. The second-order valence-corrected chi connectivity index (χ2v) is 5.70. The zero-order valence-electron chi connectivity index (χ0n) is 10.9. The predicted octanol–water partition coefficient (Wildman–Crippen LogP) is 2.40. The SMILES string of the molecule is CCCC(NC(=O)C(C)(C)c1cccs1)C(=O)O. The molecule has 0 radical (unpaired) electrons. The Balaban J connectivity index is 2.78. The number of rotatable bonds is 6. The first-order valence-electron chi connectivity index (χ1n) is 5.97. The molecule has 1 rings (SSSR count). The van der Waals surface area contributed by atoms with Gasteiger partial charge in [0.2, 0.25) is 5.91 Å². The van der Waals surface area contributed by atoms with E-state index in [0.29, 0.717) is 6.42 Å². The molecule has 1 aromatic heterocycles. The lowest BCUT2D eigenvalue weighted by atomic mass is 9.90. The molecule has 0 saturated carbocycles. The fraction of sp³-hybridized carbons (Fsp3) is 0.538. The van der Waals surface area contributed by atoms with Gasteiger partial charge < -0.3 is 10.4 Å². The molecule has 0 aromatic carbocycles. The van der Waals surface area contributed by atoms with E-state index >= 15 is 0 Å². The molecule has 5 heteroatoms. The van der Waals surface area contributed by atoms with Gasteiger partial charge in [-0.05, 0) is 31.7 Å². The molecule has 0 saturated heterocycles. The summed E-state index contributed by atoms with van der Waals surface area (Å²) in [6.07, 6.45) is 1.16. The Morgan fingerprint density at radius 3 is 2.61 bits per heavy atom. The van der Waals surface area contributed by atoms with Gasteiger partial charge in [0.25, 0.3) is 0 Å². The van der Waals surface area contributed by atoms with Gasteiger partial charge in [-0.1, -0.05) is 19.4 Å². The number of hydrogen-bond acceptors (Lipinski definition) is 3. The quantitative estimate of drug-likeness (QED) is 0.833. The van der Waals surface area contributed by atoms with E-state index in [1.54, 1.807) is 13.8 Å². The van der Waals surface area contributed by atoms with Crippen molar-refractivity contribution in [2.75, 3.05) is 0 Å². The van der Waals surface area contributed by atoms with Crippen LogP contribution in [0.3, 0.4) is 0 Å². The maximum Gasteiger partial charge on any atom is 0.326 e. The number of nitrogens with one attached hydrogen (secondary N) is 1. The zero-order chi connectivity index (χ0) is 13.8. The van der Waals surface area contributed by atoms with Crippen molar-refractivity contribution in [3.05, 3.63) is 22.4 Å². The maximum atomic E-state index is 12.2. The highest BCUT2D eigenvalue weighted by Crippen LogP contribution is 2.27. The topological polar surface area (TPSA) is 66.4 Å². The Morgan fingerprint density at radius 1 is 1.50 bits per heavy atom. The molecule has 1 atom stereocenters. The minimum absolute atomic E-state index is 0.245. The van der Waals surface area contributed by atoms with Gasteiger partial charge in [-0.15, -0.1) is 11.3 Å². The van der Waals surface area contributed by atoms with Crippen molar-refractivity contribution in [3.8, 4) is 0 Å². The van der Waals surface area contributed by atoms with Gasteiger partial charge in [0, 0.05) is 4.88 Å². The van der Waals surface area contributed by atoms with Crippen molar-refractivity contribution in [1.82, 2.24) is 5.32 Å². The summed E-state index contributed by atoms with van der Waals surface area (Å²) in [4.78, 5) is 24.1. The van der Waals surface area contributed by atoms with Gasteiger partial charge >= 0.3 is 5.97 Å². The van der Waals surface area contributed by atoms with Crippen LogP contribution in [0.1, 0.15) is 38.5 Å². The third-order valence-electron chi connectivity index (χ3n) is 2.89. The third-order valence-corrected chi connectivity index (χ3v) is 4.08. The predicted molar refractivity (Wildman–Crippen MR) is 71.8 cm³/mol. The van der Waals surface area contributed by atoms with Crippen molar-refractivity contribution in [2.24, 2.45) is 0 Å². The van der Waals surface area contributed by atoms with Crippen molar-refractivity contribution in [3.63, 3.8) is 0 Å². The normalized spacial score (nSPS) is 13.1. The van der Waals surface area contributed by atoms with Crippen LogP contribution in [0.5, 0.6) is 0 Å². The van der Waals surface area contributed by atoms with Crippen LogP contribution in [0.25, 0.3) is 0 Å². The molecule has 4 nitrogen and oxygen atoms in total. The van der Waals surface area contributed by atoms with Crippen molar-refractivity contribution >= 4 is 23.2 Å². The number of hydrogen-bond donors (Lipinski definition) is 2. The van der Waals surface area contributed by atoms with Gasteiger partial charge in [-0.2, -0.15) is 0 Å². The molecular formula is C13H19NO3S. The van der Waals surface area contributed by atoms with E-state index in [4.69, 9.17) is 5.11 Å². The van der Waals surface area contributed by atoms with Crippen LogP contribution in [-0.4, -0.2) is 23.0 Å². The van der Waals surface area contributed by atoms with E-state index in [1.807, 2.05) is 24.4 Å². The van der Waals surface area contributed by atoms with Crippen LogP contribution in [0.4, 0.5) is 0 Å². The average molecular weight is 269 g/mol. The van der Waals surface area contributed by atoms with Crippen LogP contribution in [0, 0.1) is 0 Å². The molecule has 0 aliphatic rings. The largest absolute Gasteiger partial charge is 0.480 e. The van der Waals surface area contributed by atoms with Crippen LogP contribution < -0.4 is 5.32 Å². The highest BCUT2D eigenvalue weighted by molar-refractivity contribution is 7.10. The molecule has 1 unspecified atom stereocenters. The van der Waals surface area contributed by atoms with Crippen LogP contribution >= 0.6 is 11.3 Å². The van der Waals surface area contributed by atoms with Gasteiger partial charge in [0.15, 0.2) is 0 Å². The molecular weight excluding hydrogens is 250 g/mol. The van der Waals surface area contributed by atoms with Crippen molar-refractivity contribution in [1.29, 1.82) is 0 Å². The summed E-state index contributed by atoms with van der Waals surface area (Å²) >= 11 is 1.50. The van der Waals surface area contributed by atoms with Crippen LogP contribution in [-0.2, 0) is 15.0 Å². The summed E-state index contributed by atoms with van der Waals surface area (Å²) < 4.78 is 0. The second-order valence-electron chi connectivity index (χ2n) is 4.76. The van der Waals surface area contributed by atoms with Crippen LogP contribution in [0.2, 0.25) is 0 Å². The summed E-state index contributed by atoms with van der Waals surface area (Å²) in [7, 11) is 0. The minimum Gasteiger partial charge on any atom is -0.480 e. The number of aliphatic carboxylic acids is 1. The lowest BCUT2D eigenvalue weighted by molar-refractivity contribution is -0.142. The molecule has 100 valence electrons. The van der Waals surface area contributed by atoms with E-state index in [0.717, 1.165) is 11.3 Å². The maximum absolute atomic E-state index is 12.2. The molecule has 0 aliphatic carbocycles.